The van der Waals surface area contributed by atoms with Crippen LogP contribution in [0.4, 0.5) is 0 Å². The van der Waals surface area contributed by atoms with Crippen LogP contribution in [0.2, 0.25) is 0 Å². The average molecular weight is 443 g/mol. The van der Waals surface area contributed by atoms with Gasteiger partial charge in [-0.1, -0.05) is 146 Å². The van der Waals surface area contributed by atoms with Crippen molar-refractivity contribution in [1.29, 1.82) is 0 Å². The molecule has 0 nitrogen and oxygen atoms in total. The molecule has 0 atom stereocenters. The van der Waals surface area contributed by atoms with Gasteiger partial charge in [0.25, 0.3) is 0 Å². The molecular formula is C32H58. The molecule has 0 heteroatoms. The van der Waals surface area contributed by atoms with Gasteiger partial charge in [-0.25, -0.2) is 0 Å². The molecule has 0 aromatic rings. The van der Waals surface area contributed by atoms with Gasteiger partial charge in [-0.15, -0.1) is 0 Å². The Labute approximate surface area is 202 Å². The van der Waals surface area contributed by atoms with Crippen LogP contribution in [0.5, 0.6) is 0 Å². The van der Waals surface area contributed by atoms with Crippen LogP contribution in [-0.2, 0) is 0 Å². The van der Waals surface area contributed by atoms with Crippen molar-refractivity contribution in [3.8, 4) is 0 Å². The first-order valence-electron chi connectivity index (χ1n) is 15.6. The van der Waals surface area contributed by atoms with E-state index >= 15 is 0 Å². The molecule has 0 N–H and O–H groups in total. The van der Waals surface area contributed by atoms with Crippen molar-refractivity contribution in [2.45, 2.75) is 173 Å². The van der Waals surface area contributed by atoms with Gasteiger partial charge in [0.05, 0.1) is 0 Å². The molecule has 0 aromatic carbocycles. The van der Waals surface area contributed by atoms with E-state index in [9.17, 15) is 0 Å². The molecule has 186 valence electrons. The lowest BCUT2D eigenvalue weighted by Gasteiger charge is -2.31. The van der Waals surface area contributed by atoms with Crippen LogP contribution in [0.3, 0.4) is 0 Å². The van der Waals surface area contributed by atoms with Gasteiger partial charge >= 0.3 is 0 Å². The Kier molecular flexibility index (Phi) is 14.2. The predicted octanol–water partition coefficient (Wildman–Crippen LogP) is 11.3. The van der Waals surface area contributed by atoms with E-state index in [-0.39, 0.29) is 0 Å². The highest BCUT2D eigenvalue weighted by molar-refractivity contribution is 5.13. The summed E-state index contributed by atoms with van der Waals surface area (Å²) < 4.78 is 0. The molecule has 0 heterocycles. The lowest BCUT2D eigenvalue weighted by atomic mass is 9.74. The van der Waals surface area contributed by atoms with Crippen molar-refractivity contribution in [1.82, 2.24) is 0 Å². The van der Waals surface area contributed by atoms with Gasteiger partial charge in [-0.05, 0) is 56.3 Å². The Balaban J connectivity index is 1.76. The summed E-state index contributed by atoms with van der Waals surface area (Å²) in [5.74, 6) is 2.75. The van der Waals surface area contributed by atoms with E-state index in [0.717, 1.165) is 17.8 Å². The number of hydrogen-bond donors (Lipinski definition) is 0. The van der Waals surface area contributed by atoms with Crippen molar-refractivity contribution >= 4 is 0 Å². The van der Waals surface area contributed by atoms with Crippen molar-refractivity contribution in [2.75, 3.05) is 0 Å². The van der Waals surface area contributed by atoms with E-state index in [0.29, 0.717) is 0 Å². The summed E-state index contributed by atoms with van der Waals surface area (Å²) in [4.78, 5) is 0. The van der Waals surface area contributed by atoms with Crippen molar-refractivity contribution in [3.63, 3.8) is 0 Å². The predicted molar refractivity (Wildman–Crippen MR) is 143 cm³/mol. The summed E-state index contributed by atoms with van der Waals surface area (Å²) in [5.41, 5.74) is 2.01. The second-order valence-corrected chi connectivity index (χ2v) is 12.0. The highest BCUT2D eigenvalue weighted by atomic mass is 14.3. The molecule has 0 bridgehead atoms. The van der Waals surface area contributed by atoms with E-state index < -0.39 is 0 Å². The molecule has 32 heavy (non-hydrogen) atoms. The number of allylic oxidation sites excluding steroid dienone is 2. The first-order chi connectivity index (χ1) is 15.9. The molecule has 0 aromatic heterocycles. The summed E-state index contributed by atoms with van der Waals surface area (Å²) in [7, 11) is 0. The maximum Gasteiger partial charge on any atom is -0.0200 e. The molecule has 0 radical (unpaired) electrons. The molecule has 0 spiro atoms. The smallest absolute Gasteiger partial charge is 0.0200 e. The second-order valence-electron chi connectivity index (χ2n) is 12.0. The molecule has 0 aliphatic heterocycles. The third-order valence-corrected chi connectivity index (χ3v) is 9.23. The second kappa shape index (κ2) is 17.2. The van der Waals surface area contributed by atoms with Crippen molar-refractivity contribution in [2.24, 2.45) is 17.8 Å². The zero-order valence-corrected chi connectivity index (χ0v) is 21.9. The minimum Gasteiger partial charge on any atom is -0.0817 e. The van der Waals surface area contributed by atoms with Gasteiger partial charge in [-0.3, -0.25) is 0 Å². The van der Waals surface area contributed by atoms with Gasteiger partial charge < -0.3 is 0 Å². The summed E-state index contributed by atoms with van der Waals surface area (Å²) in [6.45, 7) is 0. The minimum absolute atomic E-state index is 0.897. The van der Waals surface area contributed by atoms with Crippen LogP contribution in [0.1, 0.15) is 173 Å². The zero-order chi connectivity index (χ0) is 22.1. The Morgan fingerprint density at radius 3 is 0.875 bits per heavy atom. The van der Waals surface area contributed by atoms with E-state index in [4.69, 9.17) is 0 Å². The lowest BCUT2D eigenvalue weighted by Crippen LogP contribution is -2.17. The van der Waals surface area contributed by atoms with E-state index in [1.807, 2.05) is 5.57 Å². The molecule has 0 saturated heterocycles. The van der Waals surface area contributed by atoms with Crippen molar-refractivity contribution < 1.29 is 0 Å². The Hall–Kier alpha value is -0.260. The number of hydrogen-bond acceptors (Lipinski definition) is 0. The summed E-state index contributed by atoms with van der Waals surface area (Å²) in [6, 6.07) is 0. The first-order valence-corrected chi connectivity index (χ1v) is 15.6. The zero-order valence-electron chi connectivity index (χ0n) is 21.9. The molecule has 3 aliphatic rings. The van der Waals surface area contributed by atoms with Crippen LogP contribution in [0.25, 0.3) is 0 Å². The van der Waals surface area contributed by atoms with Gasteiger partial charge in [0.2, 0.25) is 0 Å². The third-order valence-electron chi connectivity index (χ3n) is 9.23. The molecule has 3 fully saturated rings. The highest BCUT2D eigenvalue weighted by Gasteiger charge is 2.24. The van der Waals surface area contributed by atoms with Crippen LogP contribution in [0.15, 0.2) is 11.6 Å². The highest BCUT2D eigenvalue weighted by Crippen LogP contribution is 2.39. The molecule has 0 amide bonds. The van der Waals surface area contributed by atoms with Gasteiger partial charge in [0.15, 0.2) is 0 Å². The van der Waals surface area contributed by atoms with Crippen LogP contribution in [-0.4, -0.2) is 0 Å². The molecular weight excluding hydrogens is 384 g/mol. The Bertz CT molecular complexity index is 416. The third kappa shape index (κ3) is 10.8. The Morgan fingerprint density at radius 1 is 0.312 bits per heavy atom. The summed E-state index contributed by atoms with van der Waals surface area (Å²) in [6.07, 6.45) is 43.4. The minimum atomic E-state index is 0.897. The number of rotatable bonds is 3. The fourth-order valence-electron chi connectivity index (χ4n) is 7.17. The van der Waals surface area contributed by atoms with Gasteiger partial charge in [-0.2, -0.15) is 0 Å². The fraction of sp³-hybridized carbons (Fsp3) is 0.938. The summed E-state index contributed by atoms with van der Waals surface area (Å²) >= 11 is 0. The van der Waals surface area contributed by atoms with E-state index in [2.05, 4.69) is 6.08 Å². The van der Waals surface area contributed by atoms with Crippen LogP contribution in [0, 0.1) is 17.8 Å². The maximum atomic E-state index is 2.97. The maximum absolute atomic E-state index is 2.97. The first kappa shape index (κ1) is 26.3. The fourth-order valence-corrected chi connectivity index (χ4v) is 7.17. The SMILES string of the molecule is C(=C(C1CCCCCCCCC1)C1CCCCCCCCC1)C1CCCCCCCCC1. The van der Waals surface area contributed by atoms with Gasteiger partial charge in [0.1, 0.15) is 0 Å². The molecule has 3 rings (SSSR count). The normalized spacial score (nSPS) is 26.1. The van der Waals surface area contributed by atoms with E-state index in [1.165, 1.54) is 173 Å². The topological polar surface area (TPSA) is 0 Å². The summed E-state index contributed by atoms with van der Waals surface area (Å²) in [5, 5.41) is 0. The largest absolute Gasteiger partial charge is 0.0817 e. The van der Waals surface area contributed by atoms with Crippen molar-refractivity contribution in [3.05, 3.63) is 11.6 Å². The molecule has 3 aliphatic carbocycles. The molecule has 3 saturated carbocycles. The van der Waals surface area contributed by atoms with Crippen LogP contribution >= 0.6 is 0 Å². The van der Waals surface area contributed by atoms with Gasteiger partial charge in [0, 0.05) is 0 Å². The monoisotopic (exact) mass is 442 g/mol. The average Bonchev–Trinajstić information content (AvgIpc) is 2.83. The Morgan fingerprint density at radius 2 is 0.562 bits per heavy atom. The lowest BCUT2D eigenvalue weighted by molar-refractivity contribution is 0.351. The standard InChI is InChI=1S/C32H58/c1-4-10-16-22-29(23-17-11-5-1)28-32(30-24-18-12-6-2-7-13-19-25-30)31-26-20-14-8-3-9-15-21-27-31/h28-31H,1-27H2. The molecule has 0 unspecified atom stereocenters. The quantitative estimate of drug-likeness (QED) is 0.381. The van der Waals surface area contributed by atoms with Crippen LogP contribution < -0.4 is 0 Å². The van der Waals surface area contributed by atoms with E-state index in [1.54, 1.807) is 0 Å².